The zero-order valence-electron chi connectivity index (χ0n) is 11.8. The molecule has 0 aromatic carbocycles. The second kappa shape index (κ2) is 4.61. The molecule has 2 amide bonds. The summed E-state index contributed by atoms with van der Waals surface area (Å²) in [4.78, 5) is 26.8. The highest BCUT2D eigenvalue weighted by atomic mass is 16.5. The van der Waals surface area contributed by atoms with Gasteiger partial charge in [0.25, 0.3) is 0 Å². The zero-order valence-corrected chi connectivity index (χ0v) is 11.8. The number of amides is 2. The highest BCUT2D eigenvalue weighted by Crippen LogP contribution is 2.42. The van der Waals surface area contributed by atoms with E-state index >= 15 is 0 Å². The maximum absolute atomic E-state index is 12.8. The molecule has 2 fully saturated rings. The van der Waals surface area contributed by atoms with Gasteiger partial charge in [-0.2, -0.15) is 0 Å². The average Bonchev–Trinajstić information content (AvgIpc) is 3.16. The molecular weight excluding hydrogens is 258 g/mol. The molecule has 1 aromatic heterocycles. The van der Waals surface area contributed by atoms with Gasteiger partial charge in [-0.3, -0.25) is 9.59 Å². The van der Waals surface area contributed by atoms with Crippen LogP contribution in [-0.2, 0) is 16.1 Å². The summed E-state index contributed by atoms with van der Waals surface area (Å²) < 4.78 is 4.81. The summed E-state index contributed by atoms with van der Waals surface area (Å²) in [7, 11) is 0. The van der Waals surface area contributed by atoms with Crippen LogP contribution in [0, 0.1) is 5.92 Å². The van der Waals surface area contributed by atoms with Crippen LogP contribution in [-0.4, -0.2) is 33.5 Å². The summed E-state index contributed by atoms with van der Waals surface area (Å²) >= 11 is 0. The highest BCUT2D eigenvalue weighted by molar-refractivity contribution is 6.00. The van der Waals surface area contributed by atoms with Crippen molar-refractivity contribution in [3.63, 3.8) is 0 Å². The second-order valence-corrected chi connectivity index (χ2v) is 5.81. The first-order valence-electron chi connectivity index (χ1n) is 7.08. The quantitative estimate of drug-likeness (QED) is 0.893. The number of piperazine rings is 1. The molecule has 20 heavy (non-hydrogen) atoms. The van der Waals surface area contributed by atoms with Gasteiger partial charge in [0, 0.05) is 6.07 Å². The van der Waals surface area contributed by atoms with Crippen LogP contribution >= 0.6 is 0 Å². The molecule has 1 N–H and O–H groups in total. The Morgan fingerprint density at radius 2 is 2.25 bits per heavy atom. The van der Waals surface area contributed by atoms with E-state index in [-0.39, 0.29) is 17.7 Å². The average molecular weight is 277 g/mol. The van der Waals surface area contributed by atoms with Gasteiger partial charge in [-0.1, -0.05) is 12.1 Å². The first-order valence-corrected chi connectivity index (χ1v) is 7.08. The molecule has 0 spiro atoms. The zero-order chi connectivity index (χ0) is 14.3. The Kier molecular flexibility index (Phi) is 3.03. The molecule has 108 valence electrons. The molecule has 1 saturated carbocycles. The molecule has 3 rings (SSSR count). The van der Waals surface area contributed by atoms with E-state index in [9.17, 15) is 9.59 Å². The molecule has 1 saturated heterocycles. The van der Waals surface area contributed by atoms with Crippen molar-refractivity contribution >= 4 is 11.8 Å². The topological polar surface area (TPSA) is 75.4 Å². The standard InChI is InChI=1S/C14H19N3O3/c1-3-11-12(18)15-14(2,9-4-5-9)13(19)17(11)8-10-6-7-20-16-10/h6-7,9,11H,3-5,8H2,1-2H3,(H,15,18). The highest BCUT2D eigenvalue weighted by Gasteiger charge is 2.54. The van der Waals surface area contributed by atoms with Gasteiger partial charge in [0.05, 0.1) is 6.54 Å². The molecule has 1 aromatic rings. The van der Waals surface area contributed by atoms with Crippen LogP contribution in [0.15, 0.2) is 16.9 Å². The Bertz CT molecular complexity index is 524. The maximum atomic E-state index is 12.8. The van der Waals surface area contributed by atoms with Gasteiger partial charge in [-0.05, 0) is 32.1 Å². The second-order valence-electron chi connectivity index (χ2n) is 5.81. The van der Waals surface area contributed by atoms with Crippen LogP contribution in [0.5, 0.6) is 0 Å². The van der Waals surface area contributed by atoms with E-state index in [1.54, 1.807) is 11.0 Å². The fourth-order valence-corrected chi connectivity index (χ4v) is 2.99. The van der Waals surface area contributed by atoms with Crippen molar-refractivity contribution in [1.29, 1.82) is 0 Å². The van der Waals surface area contributed by atoms with Crippen molar-refractivity contribution < 1.29 is 14.1 Å². The SMILES string of the molecule is CCC1C(=O)NC(C)(C2CC2)C(=O)N1Cc1ccon1. The minimum Gasteiger partial charge on any atom is -0.364 e. The maximum Gasteiger partial charge on any atom is 0.249 e. The van der Waals surface area contributed by atoms with Crippen molar-refractivity contribution in [2.45, 2.75) is 51.2 Å². The molecule has 0 radical (unpaired) electrons. The minimum absolute atomic E-state index is 0.00514. The first kappa shape index (κ1) is 13.1. The van der Waals surface area contributed by atoms with E-state index in [0.29, 0.717) is 18.7 Å². The van der Waals surface area contributed by atoms with Crippen molar-refractivity contribution in [3.8, 4) is 0 Å². The fourth-order valence-electron chi connectivity index (χ4n) is 2.99. The Morgan fingerprint density at radius 3 is 2.80 bits per heavy atom. The van der Waals surface area contributed by atoms with E-state index in [0.717, 1.165) is 12.8 Å². The van der Waals surface area contributed by atoms with E-state index in [1.165, 1.54) is 6.26 Å². The third-order valence-electron chi connectivity index (χ3n) is 4.37. The predicted octanol–water partition coefficient (Wildman–Crippen LogP) is 1.08. The lowest BCUT2D eigenvalue weighted by Crippen LogP contribution is -2.69. The van der Waals surface area contributed by atoms with Gasteiger partial charge in [0.15, 0.2) is 0 Å². The molecule has 2 atom stereocenters. The van der Waals surface area contributed by atoms with Crippen LogP contribution in [0.25, 0.3) is 0 Å². The van der Waals surface area contributed by atoms with Crippen molar-refractivity contribution in [2.24, 2.45) is 5.92 Å². The monoisotopic (exact) mass is 277 g/mol. The largest absolute Gasteiger partial charge is 0.364 e. The van der Waals surface area contributed by atoms with E-state index in [1.807, 2.05) is 13.8 Å². The van der Waals surface area contributed by atoms with Crippen molar-refractivity contribution in [2.75, 3.05) is 0 Å². The van der Waals surface area contributed by atoms with Crippen molar-refractivity contribution in [1.82, 2.24) is 15.4 Å². The Balaban J connectivity index is 1.89. The Labute approximate surface area is 117 Å². The molecule has 6 nitrogen and oxygen atoms in total. The number of carbonyl (C=O) groups is 2. The van der Waals surface area contributed by atoms with E-state index in [2.05, 4.69) is 10.5 Å². The van der Waals surface area contributed by atoms with Crippen LogP contribution < -0.4 is 5.32 Å². The number of hydrogen-bond acceptors (Lipinski definition) is 4. The van der Waals surface area contributed by atoms with Crippen LogP contribution in [0.4, 0.5) is 0 Å². The summed E-state index contributed by atoms with van der Waals surface area (Å²) in [5.41, 5.74) is -0.0865. The van der Waals surface area contributed by atoms with Crippen LogP contribution in [0.1, 0.15) is 38.8 Å². The Morgan fingerprint density at radius 1 is 1.50 bits per heavy atom. The molecule has 2 aliphatic rings. The van der Waals surface area contributed by atoms with Gasteiger partial charge >= 0.3 is 0 Å². The summed E-state index contributed by atoms with van der Waals surface area (Å²) in [6.07, 6.45) is 4.06. The summed E-state index contributed by atoms with van der Waals surface area (Å²) in [6.45, 7) is 4.07. The van der Waals surface area contributed by atoms with Crippen molar-refractivity contribution in [3.05, 3.63) is 18.0 Å². The van der Waals surface area contributed by atoms with Gasteiger partial charge in [-0.25, -0.2) is 0 Å². The summed E-state index contributed by atoms with van der Waals surface area (Å²) in [5, 5.41) is 6.79. The third-order valence-corrected chi connectivity index (χ3v) is 4.37. The molecule has 1 aliphatic heterocycles. The van der Waals surface area contributed by atoms with E-state index in [4.69, 9.17) is 4.52 Å². The fraction of sp³-hybridized carbons (Fsp3) is 0.643. The number of hydrogen-bond donors (Lipinski definition) is 1. The third kappa shape index (κ3) is 1.99. The first-order chi connectivity index (χ1) is 9.56. The normalized spacial score (nSPS) is 30.5. The lowest BCUT2D eigenvalue weighted by Gasteiger charge is -2.44. The van der Waals surface area contributed by atoms with Crippen LogP contribution in [0.2, 0.25) is 0 Å². The van der Waals surface area contributed by atoms with Gasteiger partial charge in [0.2, 0.25) is 11.8 Å². The number of rotatable bonds is 4. The van der Waals surface area contributed by atoms with Gasteiger partial charge in [-0.15, -0.1) is 0 Å². The summed E-state index contributed by atoms with van der Waals surface area (Å²) in [6, 6.07) is 1.30. The van der Waals surface area contributed by atoms with Gasteiger partial charge in [0.1, 0.15) is 23.5 Å². The molecule has 2 unspecified atom stereocenters. The van der Waals surface area contributed by atoms with E-state index < -0.39 is 11.6 Å². The number of nitrogens with one attached hydrogen (secondary N) is 1. The Hall–Kier alpha value is -1.85. The smallest absolute Gasteiger partial charge is 0.249 e. The number of nitrogens with zero attached hydrogens (tertiary/aromatic N) is 2. The molecule has 6 heteroatoms. The molecule has 0 bridgehead atoms. The van der Waals surface area contributed by atoms with Gasteiger partial charge < -0.3 is 14.7 Å². The summed E-state index contributed by atoms with van der Waals surface area (Å²) in [5.74, 6) is 0.191. The number of aromatic nitrogens is 1. The van der Waals surface area contributed by atoms with Crippen LogP contribution in [0.3, 0.4) is 0 Å². The molecule has 2 heterocycles. The molecular formula is C14H19N3O3. The minimum atomic E-state index is -0.757. The lowest BCUT2D eigenvalue weighted by atomic mass is 9.88. The molecule has 1 aliphatic carbocycles. The number of carbonyl (C=O) groups excluding carboxylic acids is 2. The predicted molar refractivity (Wildman–Crippen MR) is 70.4 cm³/mol. The lowest BCUT2D eigenvalue weighted by molar-refractivity contribution is -0.156.